The maximum Gasteiger partial charge on any atom is 0.164 e. The topological polar surface area (TPSA) is 47.5 Å². The molecule has 2 aliphatic heterocycles. The second-order valence-corrected chi connectivity index (χ2v) is 8.38. The molecule has 0 N–H and O–H groups in total. The number of likely N-dealkylation sites (tertiary alicyclic amines) is 1. The zero-order valence-corrected chi connectivity index (χ0v) is 17.1. The SMILES string of the molecule is Cc1cnc(C[C@H]2CCN(C(C)(C)c3cc4c(cc3F)OCCO4)C2)c(C)n1. The lowest BCUT2D eigenvalue weighted by atomic mass is 9.91. The quantitative estimate of drug-likeness (QED) is 0.801. The van der Waals surface area contributed by atoms with Crippen molar-refractivity contribution < 1.29 is 13.9 Å². The first-order valence-electron chi connectivity index (χ1n) is 9.98. The third-order valence-electron chi connectivity index (χ3n) is 6.02. The van der Waals surface area contributed by atoms with E-state index in [1.54, 1.807) is 0 Å². The average molecular weight is 385 g/mol. The molecule has 4 rings (SSSR count). The summed E-state index contributed by atoms with van der Waals surface area (Å²) in [7, 11) is 0. The van der Waals surface area contributed by atoms with Crippen LogP contribution in [0.15, 0.2) is 18.3 Å². The van der Waals surface area contributed by atoms with Crippen LogP contribution in [0.2, 0.25) is 0 Å². The minimum Gasteiger partial charge on any atom is -0.486 e. The second kappa shape index (κ2) is 7.32. The number of ether oxygens (including phenoxy) is 2. The standard InChI is InChI=1S/C22H28FN3O2/c1-14-12-24-19(15(2)25-14)9-16-5-6-26(13-16)22(3,4)17-10-20-21(11-18(17)23)28-8-7-27-20/h10-12,16H,5-9,13H2,1-4H3/t16-/m1/s1. The molecule has 6 heteroatoms. The number of hydrogen-bond acceptors (Lipinski definition) is 5. The molecule has 1 aromatic heterocycles. The largest absolute Gasteiger partial charge is 0.486 e. The molecule has 150 valence electrons. The van der Waals surface area contributed by atoms with Gasteiger partial charge in [-0.2, -0.15) is 0 Å². The fourth-order valence-corrected chi connectivity index (χ4v) is 4.31. The number of halogens is 1. The summed E-state index contributed by atoms with van der Waals surface area (Å²) in [6, 6.07) is 3.27. The minimum absolute atomic E-state index is 0.238. The molecule has 2 aromatic rings. The maximum absolute atomic E-state index is 14.9. The predicted molar refractivity (Wildman–Crippen MR) is 105 cm³/mol. The smallest absolute Gasteiger partial charge is 0.164 e. The number of aromatic nitrogens is 2. The molecule has 0 unspecified atom stereocenters. The van der Waals surface area contributed by atoms with Crippen LogP contribution in [0, 0.1) is 25.6 Å². The van der Waals surface area contributed by atoms with Gasteiger partial charge in [0.15, 0.2) is 11.5 Å². The van der Waals surface area contributed by atoms with Crippen LogP contribution in [0.4, 0.5) is 4.39 Å². The van der Waals surface area contributed by atoms with E-state index in [9.17, 15) is 4.39 Å². The fraction of sp³-hybridized carbons (Fsp3) is 0.545. The summed E-state index contributed by atoms with van der Waals surface area (Å²) < 4.78 is 26.1. The summed E-state index contributed by atoms with van der Waals surface area (Å²) in [5.74, 6) is 1.39. The van der Waals surface area contributed by atoms with E-state index >= 15 is 0 Å². The van der Waals surface area contributed by atoms with Gasteiger partial charge in [-0.05, 0) is 59.1 Å². The third-order valence-corrected chi connectivity index (χ3v) is 6.02. The van der Waals surface area contributed by atoms with Crippen molar-refractivity contribution in [1.82, 2.24) is 14.9 Å². The molecule has 1 fully saturated rings. The molecule has 5 nitrogen and oxygen atoms in total. The molecule has 0 aliphatic carbocycles. The molecule has 28 heavy (non-hydrogen) atoms. The Kier molecular flexibility index (Phi) is 5.00. The maximum atomic E-state index is 14.9. The van der Waals surface area contributed by atoms with E-state index in [1.807, 2.05) is 26.1 Å². The van der Waals surface area contributed by atoms with E-state index in [4.69, 9.17) is 9.47 Å². The number of fused-ring (bicyclic) bond motifs is 1. The van der Waals surface area contributed by atoms with Crippen LogP contribution < -0.4 is 9.47 Å². The van der Waals surface area contributed by atoms with Crippen LogP contribution in [-0.2, 0) is 12.0 Å². The van der Waals surface area contributed by atoms with Gasteiger partial charge < -0.3 is 9.47 Å². The summed E-state index contributed by atoms with van der Waals surface area (Å²) >= 11 is 0. The Bertz CT molecular complexity index is 884. The van der Waals surface area contributed by atoms with Gasteiger partial charge in [-0.25, -0.2) is 4.39 Å². The van der Waals surface area contributed by atoms with Gasteiger partial charge in [-0.3, -0.25) is 14.9 Å². The van der Waals surface area contributed by atoms with E-state index in [2.05, 4.69) is 28.7 Å². The van der Waals surface area contributed by atoms with Crippen LogP contribution in [0.3, 0.4) is 0 Å². The lowest BCUT2D eigenvalue weighted by Crippen LogP contribution is -2.40. The van der Waals surface area contributed by atoms with E-state index in [0.29, 0.717) is 36.2 Å². The van der Waals surface area contributed by atoms with Gasteiger partial charge in [0.2, 0.25) is 0 Å². The molecule has 1 aromatic carbocycles. The number of rotatable bonds is 4. The molecular formula is C22H28FN3O2. The van der Waals surface area contributed by atoms with Crippen molar-refractivity contribution in [2.45, 2.75) is 46.1 Å². The lowest BCUT2D eigenvalue weighted by molar-refractivity contribution is 0.140. The monoisotopic (exact) mass is 385 g/mol. The highest BCUT2D eigenvalue weighted by Gasteiger charge is 2.37. The molecule has 3 heterocycles. The second-order valence-electron chi connectivity index (χ2n) is 8.38. The van der Waals surface area contributed by atoms with Crippen molar-refractivity contribution in [3.63, 3.8) is 0 Å². The molecule has 0 saturated carbocycles. The van der Waals surface area contributed by atoms with Gasteiger partial charge in [-0.15, -0.1) is 0 Å². The Morgan fingerprint density at radius 1 is 1.18 bits per heavy atom. The summed E-state index contributed by atoms with van der Waals surface area (Å²) in [6.45, 7) is 11.0. The Morgan fingerprint density at radius 3 is 2.61 bits per heavy atom. The highest BCUT2D eigenvalue weighted by atomic mass is 19.1. The number of hydrogen-bond donors (Lipinski definition) is 0. The lowest BCUT2D eigenvalue weighted by Gasteiger charge is -2.37. The van der Waals surface area contributed by atoms with Crippen molar-refractivity contribution in [3.05, 3.63) is 46.8 Å². The van der Waals surface area contributed by atoms with Crippen molar-refractivity contribution in [2.75, 3.05) is 26.3 Å². The Morgan fingerprint density at radius 2 is 1.89 bits per heavy atom. The van der Waals surface area contributed by atoms with Gasteiger partial charge in [0.05, 0.1) is 17.1 Å². The zero-order valence-electron chi connectivity index (χ0n) is 17.1. The Balaban J connectivity index is 1.51. The van der Waals surface area contributed by atoms with Crippen molar-refractivity contribution in [3.8, 4) is 11.5 Å². The highest BCUT2D eigenvalue weighted by molar-refractivity contribution is 5.46. The number of nitrogens with zero attached hydrogens (tertiary/aromatic N) is 3. The summed E-state index contributed by atoms with van der Waals surface area (Å²) in [5, 5.41) is 0. The highest BCUT2D eigenvalue weighted by Crippen LogP contribution is 2.40. The van der Waals surface area contributed by atoms with E-state index in [-0.39, 0.29) is 5.82 Å². The van der Waals surface area contributed by atoms with Gasteiger partial charge in [0.25, 0.3) is 0 Å². The van der Waals surface area contributed by atoms with Gasteiger partial charge in [0.1, 0.15) is 19.0 Å². The predicted octanol–water partition coefficient (Wildman–Crippen LogP) is 3.80. The van der Waals surface area contributed by atoms with Gasteiger partial charge >= 0.3 is 0 Å². The number of aryl methyl sites for hydroxylation is 2. The first kappa shape index (κ1) is 19.1. The summed E-state index contributed by atoms with van der Waals surface area (Å²) in [5.41, 5.74) is 3.26. The Hall–Kier alpha value is -2.21. The minimum atomic E-state index is -0.428. The molecular weight excluding hydrogens is 357 g/mol. The molecule has 0 amide bonds. The molecule has 2 aliphatic rings. The summed E-state index contributed by atoms with van der Waals surface area (Å²) in [4.78, 5) is 11.5. The zero-order chi connectivity index (χ0) is 19.9. The normalized spacial score (nSPS) is 19.8. The van der Waals surface area contributed by atoms with Crippen LogP contribution >= 0.6 is 0 Å². The molecule has 1 atom stereocenters. The van der Waals surface area contributed by atoms with E-state index in [0.717, 1.165) is 43.0 Å². The van der Waals surface area contributed by atoms with Crippen LogP contribution in [0.25, 0.3) is 0 Å². The molecule has 0 radical (unpaired) electrons. The van der Waals surface area contributed by atoms with Gasteiger partial charge in [-0.1, -0.05) is 0 Å². The van der Waals surface area contributed by atoms with Crippen molar-refractivity contribution in [2.24, 2.45) is 5.92 Å². The average Bonchev–Trinajstić information content (AvgIpc) is 3.13. The van der Waals surface area contributed by atoms with Crippen molar-refractivity contribution >= 4 is 0 Å². The van der Waals surface area contributed by atoms with E-state index in [1.165, 1.54) is 6.07 Å². The van der Waals surface area contributed by atoms with Crippen LogP contribution in [0.5, 0.6) is 11.5 Å². The van der Waals surface area contributed by atoms with Crippen LogP contribution in [-0.4, -0.2) is 41.2 Å². The third kappa shape index (κ3) is 3.58. The summed E-state index contributed by atoms with van der Waals surface area (Å²) in [6.07, 6.45) is 3.82. The van der Waals surface area contributed by atoms with E-state index < -0.39 is 5.54 Å². The first-order chi connectivity index (χ1) is 13.3. The molecule has 0 bridgehead atoms. The molecule has 0 spiro atoms. The number of benzene rings is 1. The van der Waals surface area contributed by atoms with Crippen molar-refractivity contribution in [1.29, 1.82) is 0 Å². The Labute approximate surface area is 165 Å². The fourth-order valence-electron chi connectivity index (χ4n) is 4.31. The van der Waals surface area contributed by atoms with Crippen LogP contribution in [0.1, 0.15) is 42.9 Å². The first-order valence-corrected chi connectivity index (χ1v) is 9.98. The molecule has 1 saturated heterocycles. The van der Waals surface area contributed by atoms with Gasteiger partial charge in [0, 0.05) is 29.9 Å².